The number of fused-ring (bicyclic) bond motifs is 1. The summed E-state index contributed by atoms with van der Waals surface area (Å²) in [6, 6.07) is 8.12. The molecule has 3 heteroatoms. The number of nitrogens with zero attached hydrogens (tertiary/aromatic N) is 1. The van der Waals surface area contributed by atoms with Gasteiger partial charge in [-0.3, -0.25) is 4.79 Å². The summed E-state index contributed by atoms with van der Waals surface area (Å²) in [5.74, 6) is 0.463. The van der Waals surface area contributed by atoms with Crippen LogP contribution in [0.4, 0.5) is 0 Å². The zero-order valence-corrected chi connectivity index (χ0v) is 11.5. The van der Waals surface area contributed by atoms with E-state index in [9.17, 15) is 4.79 Å². The van der Waals surface area contributed by atoms with E-state index in [-0.39, 0.29) is 5.92 Å². The lowest BCUT2D eigenvalue weighted by atomic mass is 10.0. The molecule has 0 radical (unpaired) electrons. The standard InChI is InChI=1S/C15H17NOS/c1-11(2)13(17)8-4-6-10-15-16-12-7-3-5-9-14(12)18-15/h3,5-7,9-11H,4,8H2,1-2H3/b10-6+. The molecule has 0 aliphatic carbocycles. The number of ketones is 1. The highest BCUT2D eigenvalue weighted by atomic mass is 32.1. The summed E-state index contributed by atoms with van der Waals surface area (Å²) in [6.45, 7) is 3.89. The van der Waals surface area contributed by atoms with Gasteiger partial charge in [0.1, 0.15) is 10.8 Å². The molecule has 2 nitrogen and oxygen atoms in total. The lowest BCUT2D eigenvalue weighted by Crippen LogP contribution is -2.05. The van der Waals surface area contributed by atoms with Gasteiger partial charge in [0.15, 0.2) is 0 Å². The summed E-state index contributed by atoms with van der Waals surface area (Å²) in [5.41, 5.74) is 1.04. The highest BCUT2D eigenvalue weighted by molar-refractivity contribution is 7.19. The van der Waals surface area contributed by atoms with Gasteiger partial charge in [0.25, 0.3) is 0 Å². The van der Waals surface area contributed by atoms with E-state index < -0.39 is 0 Å². The Morgan fingerprint density at radius 2 is 2.17 bits per heavy atom. The minimum absolute atomic E-state index is 0.140. The van der Waals surface area contributed by atoms with Gasteiger partial charge in [0, 0.05) is 12.3 Å². The molecule has 0 atom stereocenters. The van der Waals surface area contributed by atoms with Crippen LogP contribution >= 0.6 is 11.3 Å². The number of Topliss-reactive ketones (excluding diaryl/α,β-unsaturated/α-hetero) is 1. The van der Waals surface area contributed by atoms with Crippen LogP contribution in [0.5, 0.6) is 0 Å². The lowest BCUT2D eigenvalue weighted by molar-refractivity contribution is -0.121. The third kappa shape index (κ3) is 3.26. The highest BCUT2D eigenvalue weighted by Crippen LogP contribution is 2.22. The van der Waals surface area contributed by atoms with E-state index in [0.717, 1.165) is 16.9 Å². The van der Waals surface area contributed by atoms with Crippen molar-refractivity contribution in [1.82, 2.24) is 4.98 Å². The van der Waals surface area contributed by atoms with Crippen LogP contribution in [-0.4, -0.2) is 10.8 Å². The molecule has 0 aliphatic rings. The Hall–Kier alpha value is -1.48. The van der Waals surface area contributed by atoms with E-state index in [4.69, 9.17) is 0 Å². The van der Waals surface area contributed by atoms with Crippen LogP contribution in [0.2, 0.25) is 0 Å². The Bertz CT molecular complexity index is 536. The van der Waals surface area contributed by atoms with Crippen molar-refractivity contribution in [2.45, 2.75) is 26.7 Å². The highest BCUT2D eigenvalue weighted by Gasteiger charge is 2.05. The van der Waals surface area contributed by atoms with Gasteiger partial charge in [-0.15, -0.1) is 11.3 Å². The van der Waals surface area contributed by atoms with Crippen molar-refractivity contribution < 1.29 is 4.79 Å². The summed E-state index contributed by atoms with van der Waals surface area (Å²) < 4.78 is 1.20. The van der Waals surface area contributed by atoms with E-state index in [0.29, 0.717) is 12.2 Å². The number of allylic oxidation sites excluding steroid dienone is 1. The smallest absolute Gasteiger partial charge is 0.135 e. The molecule has 0 aliphatic heterocycles. The molecule has 2 aromatic rings. The van der Waals surface area contributed by atoms with E-state index in [1.54, 1.807) is 11.3 Å². The Morgan fingerprint density at radius 3 is 2.89 bits per heavy atom. The fraction of sp³-hybridized carbons (Fsp3) is 0.333. The van der Waals surface area contributed by atoms with Crippen LogP contribution < -0.4 is 0 Å². The van der Waals surface area contributed by atoms with Gasteiger partial charge in [-0.1, -0.05) is 32.1 Å². The van der Waals surface area contributed by atoms with Gasteiger partial charge in [-0.2, -0.15) is 0 Å². The maximum Gasteiger partial charge on any atom is 0.135 e. The Kier molecular flexibility index (Phi) is 4.26. The Labute approximate surface area is 111 Å². The summed E-state index contributed by atoms with van der Waals surface area (Å²) in [4.78, 5) is 16.0. The van der Waals surface area contributed by atoms with Gasteiger partial charge in [0.05, 0.1) is 10.2 Å². The third-order valence-electron chi connectivity index (χ3n) is 2.77. The van der Waals surface area contributed by atoms with Crippen molar-refractivity contribution in [3.63, 3.8) is 0 Å². The van der Waals surface area contributed by atoms with Crippen LogP contribution in [0.15, 0.2) is 30.3 Å². The number of benzene rings is 1. The monoisotopic (exact) mass is 259 g/mol. The van der Waals surface area contributed by atoms with Crippen molar-refractivity contribution >= 4 is 33.4 Å². The second kappa shape index (κ2) is 5.91. The quantitative estimate of drug-likeness (QED) is 0.800. The number of rotatable bonds is 5. The fourth-order valence-electron chi connectivity index (χ4n) is 1.66. The number of carbonyl (C=O) groups is 1. The molecule has 2 rings (SSSR count). The number of aromatic nitrogens is 1. The molecule has 1 heterocycles. The second-order valence-electron chi connectivity index (χ2n) is 4.58. The zero-order valence-electron chi connectivity index (χ0n) is 10.7. The molecule has 0 spiro atoms. The molecule has 18 heavy (non-hydrogen) atoms. The molecule has 0 saturated carbocycles. The minimum atomic E-state index is 0.140. The normalized spacial score (nSPS) is 11.7. The molecule has 0 amide bonds. The van der Waals surface area contributed by atoms with Crippen LogP contribution in [0.1, 0.15) is 31.7 Å². The van der Waals surface area contributed by atoms with Crippen molar-refractivity contribution in [3.8, 4) is 0 Å². The number of carbonyl (C=O) groups excluding carboxylic acids is 1. The molecular weight excluding hydrogens is 242 g/mol. The summed E-state index contributed by atoms with van der Waals surface area (Å²) in [5, 5.41) is 1.01. The van der Waals surface area contributed by atoms with Gasteiger partial charge in [-0.05, 0) is 24.6 Å². The Balaban J connectivity index is 1.95. The molecule has 1 aromatic heterocycles. The third-order valence-corrected chi connectivity index (χ3v) is 3.77. The first kappa shape index (κ1) is 13.0. The van der Waals surface area contributed by atoms with Gasteiger partial charge in [-0.25, -0.2) is 4.98 Å². The van der Waals surface area contributed by atoms with Crippen LogP contribution in [-0.2, 0) is 4.79 Å². The van der Waals surface area contributed by atoms with Crippen molar-refractivity contribution in [3.05, 3.63) is 35.3 Å². The first-order valence-electron chi connectivity index (χ1n) is 6.21. The first-order valence-corrected chi connectivity index (χ1v) is 7.03. The molecule has 0 saturated heterocycles. The number of para-hydroxylation sites is 1. The Morgan fingerprint density at radius 1 is 1.39 bits per heavy atom. The topological polar surface area (TPSA) is 30.0 Å². The average Bonchev–Trinajstić information content (AvgIpc) is 2.76. The first-order chi connectivity index (χ1) is 8.66. The van der Waals surface area contributed by atoms with Crippen LogP contribution in [0.25, 0.3) is 16.3 Å². The van der Waals surface area contributed by atoms with Crippen molar-refractivity contribution in [2.75, 3.05) is 0 Å². The van der Waals surface area contributed by atoms with Crippen LogP contribution in [0.3, 0.4) is 0 Å². The SMILES string of the molecule is CC(C)C(=O)CC/C=C/c1nc2ccccc2s1. The van der Waals surface area contributed by atoms with Gasteiger partial charge >= 0.3 is 0 Å². The van der Waals surface area contributed by atoms with E-state index in [2.05, 4.69) is 11.1 Å². The van der Waals surface area contributed by atoms with Gasteiger partial charge < -0.3 is 0 Å². The minimum Gasteiger partial charge on any atom is -0.299 e. The van der Waals surface area contributed by atoms with Gasteiger partial charge in [0.2, 0.25) is 0 Å². The average molecular weight is 259 g/mol. The predicted octanol–water partition coefficient (Wildman–Crippen LogP) is 4.31. The lowest BCUT2D eigenvalue weighted by Gasteiger charge is -1.99. The zero-order chi connectivity index (χ0) is 13.0. The summed E-state index contributed by atoms with van der Waals surface area (Å²) in [6.07, 6.45) is 5.47. The fourth-order valence-corrected chi connectivity index (χ4v) is 2.56. The number of hydrogen-bond acceptors (Lipinski definition) is 3. The van der Waals surface area contributed by atoms with Crippen LogP contribution in [0, 0.1) is 5.92 Å². The molecular formula is C15H17NOS. The largest absolute Gasteiger partial charge is 0.299 e. The second-order valence-corrected chi connectivity index (χ2v) is 5.64. The molecule has 94 valence electrons. The van der Waals surface area contributed by atoms with E-state index in [1.165, 1.54) is 4.70 Å². The maximum absolute atomic E-state index is 11.4. The molecule has 0 N–H and O–H groups in total. The van der Waals surface area contributed by atoms with Crippen molar-refractivity contribution in [1.29, 1.82) is 0 Å². The van der Waals surface area contributed by atoms with E-state index >= 15 is 0 Å². The van der Waals surface area contributed by atoms with E-state index in [1.807, 2.05) is 44.2 Å². The molecule has 1 aromatic carbocycles. The molecule has 0 fully saturated rings. The molecule has 0 unspecified atom stereocenters. The summed E-state index contributed by atoms with van der Waals surface area (Å²) >= 11 is 1.68. The number of hydrogen-bond donors (Lipinski definition) is 0. The molecule has 0 bridgehead atoms. The summed E-state index contributed by atoms with van der Waals surface area (Å²) in [7, 11) is 0. The number of thiazole rings is 1. The predicted molar refractivity (Wildman–Crippen MR) is 77.7 cm³/mol. The van der Waals surface area contributed by atoms with Crippen molar-refractivity contribution in [2.24, 2.45) is 5.92 Å². The maximum atomic E-state index is 11.4.